The standard InChI is InChI=1S/C20H18ClFN2O/c21-19-14-24(12-6-9-15-7-2-1-3-8-15)20(25)18(23-19)13-16-10-4-5-11-17(16)22/h1-5,7-8,10-11,14H,6,9,12-13H2. The minimum absolute atomic E-state index is 0.130. The summed E-state index contributed by atoms with van der Waals surface area (Å²) in [5, 5.41) is 0.241. The molecule has 0 N–H and O–H groups in total. The Hall–Kier alpha value is -2.46. The van der Waals surface area contributed by atoms with E-state index in [1.165, 1.54) is 11.6 Å². The molecule has 0 spiro atoms. The van der Waals surface area contributed by atoms with Gasteiger partial charge in [-0.3, -0.25) is 4.79 Å². The topological polar surface area (TPSA) is 34.9 Å². The zero-order valence-electron chi connectivity index (χ0n) is 13.7. The van der Waals surface area contributed by atoms with Crippen LogP contribution in [0.2, 0.25) is 5.15 Å². The van der Waals surface area contributed by atoms with Crippen LogP contribution in [-0.4, -0.2) is 9.55 Å². The minimum Gasteiger partial charge on any atom is -0.311 e. The Balaban J connectivity index is 1.75. The highest BCUT2D eigenvalue weighted by molar-refractivity contribution is 6.29. The Labute approximate surface area is 150 Å². The molecule has 0 aliphatic carbocycles. The maximum Gasteiger partial charge on any atom is 0.272 e. The lowest BCUT2D eigenvalue weighted by Crippen LogP contribution is -2.25. The number of hydrogen-bond acceptors (Lipinski definition) is 2. The normalized spacial score (nSPS) is 10.8. The van der Waals surface area contributed by atoms with Crippen LogP contribution in [0.5, 0.6) is 0 Å². The number of benzene rings is 2. The fourth-order valence-corrected chi connectivity index (χ4v) is 2.98. The number of halogens is 2. The molecule has 3 nitrogen and oxygen atoms in total. The lowest BCUT2D eigenvalue weighted by molar-refractivity contribution is 0.601. The van der Waals surface area contributed by atoms with Crippen LogP contribution < -0.4 is 5.56 Å². The van der Waals surface area contributed by atoms with Crippen molar-refractivity contribution in [3.8, 4) is 0 Å². The van der Waals surface area contributed by atoms with Crippen molar-refractivity contribution in [2.45, 2.75) is 25.8 Å². The van der Waals surface area contributed by atoms with Crippen molar-refractivity contribution < 1.29 is 4.39 Å². The molecule has 2 aromatic carbocycles. The predicted octanol–water partition coefficient (Wildman–Crippen LogP) is 4.26. The summed E-state index contributed by atoms with van der Waals surface area (Å²) in [7, 11) is 0. The van der Waals surface area contributed by atoms with Crippen LogP contribution in [0, 0.1) is 5.82 Å². The quantitative estimate of drug-likeness (QED) is 0.661. The first-order valence-electron chi connectivity index (χ1n) is 8.16. The van der Waals surface area contributed by atoms with Gasteiger partial charge in [-0.05, 0) is 30.0 Å². The molecule has 0 radical (unpaired) electrons. The van der Waals surface area contributed by atoms with Crippen LogP contribution >= 0.6 is 11.6 Å². The Morgan fingerprint density at radius 2 is 1.76 bits per heavy atom. The van der Waals surface area contributed by atoms with Gasteiger partial charge in [-0.15, -0.1) is 0 Å². The molecule has 0 saturated heterocycles. The maximum atomic E-state index is 13.8. The van der Waals surface area contributed by atoms with Gasteiger partial charge >= 0.3 is 0 Å². The second-order valence-corrected chi connectivity index (χ2v) is 6.25. The summed E-state index contributed by atoms with van der Waals surface area (Å²) in [6.07, 6.45) is 3.35. The van der Waals surface area contributed by atoms with E-state index in [1.54, 1.807) is 29.0 Å². The zero-order chi connectivity index (χ0) is 17.6. The summed E-state index contributed by atoms with van der Waals surface area (Å²) < 4.78 is 15.4. The first-order chi connectivity index (χ1) is 12.1. The van der Waals surface area contributed by atoms with E-state index >= 15 is 0 Å². The third-order valence-corrected chi connectivity index (χ3v) is 4.22. The molecule has 3 rings (SSSR count). The van der Waals surface area contributed by atoms with Gasteiger partial charge in [0, 0.05) is 19.2 Å². The van der Waals surface area contributed by atoms with Crippen molar-refractivity contribution in [2.75, 3.05) is 0 Å². The highest BCUT2D eigenvalue weighted by Gasteiger charge is 2.11. The second-order valence-electron chi connectivity index (χ2n) is 5.87. The van der Waals surface area contributed by atoms with E-state index in [-0.39, 0.29) is 28.6 Å². The van der Waals surface area contributed by atoms with E-state index in [0.717, 1.165) is 12.8 Å². The van der Waals surface area contributed by atoms with Crippen LogP contribution in [0.1, 0.15) is 23.2 Å². The molecule has 25 heavy (non-hydrogen) atoms. The SMILES string of the molecule is O=c1c(Cc2ccccc2F)nc(Cl)cn1CCCc1ccccc1. The first-order valence-corrected chi connectivity index (χ1v) is 8.54. The summed E-state index contributed by atoms with van der Waals surface area (Å²) in [6.45, 7) is 0.542. The number of nitrogens with zero attached hydrogens (tertiary/aromatic N) is 2. The monoisotopic (exact) mass is 356 g/mol. The Morgan fingerprint density at radius 3 is 2.52 bits per heavy atom. The average Bonchev–Trinajstić information content (AvgIpc) is 2.61. The van der Waals surface area contributed by atoms with E-state index in [0.29, 0.717) is 12.1 Å². The molecule has 0 unspecified atom stereocenters. The molecule has 3 aromatic rings. The van der Waals surface area contributed by atoms with Crippen molar-refractivity contribution >= 4 is 11.6 Å². The number of aryl methyl sites for hydroxylation is 2. The Bertz CT molecular complexity index is 909. The fraction of sp³-hybridized carbons (Fsp3) is 0.200. The molecule has 0 fully saturated rings. The highest BCUT2D eigenvalue weighted by Crippen LogP contribution is 2.12. The average molecular weight is 357 g/mol. The molecular formula is C20H18ClFN2O. The lowest BCUT2D eigenvalue weighted by Gasteiger charge is -2.09. The van der Waals surface area contributed by atoms with Gasteiger partial charge in [0.15, 0.2) is 0 Å². The van der Waals surface area contributed by atoms with E-state index in [2.05, 4.69) is 17.1 Å². The number of aromatic nitrogens is 2. The van der Waals surface area contributed by atoms with Crippen LogP contribution in [0.15, 0.2) is 65.6 Å². The van der Waals surface area contributed by atoms with Crippen molar-refractivity contribution in [1.29, 1.82) is 0 Å². The fourth-order valence-electron chi connectivity index (χ4n) is 2.76. The maximum absolute atomic E-state index is 13.8. The molecule has 0 atom stereocenters. The third kappa shape index (κ3) is 4.54. The van der Waals surface area contributed by atoms with Crippen LogP contribution in [0.25, 0.3) is 0 Å². The van der Waals surface area contributed by atoms with E-state index in [9.17, 15) is 9.18 Å². The number of hydrogen-bond donors (Lipinski definition) is 0. The summed E-state index contributed by atoms with van der Waals surface area (Å²) >= 11 is 6.06. The van der Waals surface area contributed by atoms with Gasteiger partial charge in [-0.2, -0.15) is 0 Å². The van der Waals surface area contributed by atoms with Gasteiger partial charge in [-0.25, -0.2) is 9.37 Å². The van der Waals surface area contributed by atoms with Gasteiger partial charge in [0.1, 0.15) is 16.7 Å². The van der Waals surface area contributed by atoms with Crippen LogP contribution in [-0.2, 0) is 19.4 Å². The highest BCUT2D eigenvalue weighted by atomic mass is 35.5. The van der Waals surface area contributed by atoms with E-state index < -0.39 is 0 Å². The van der Waals surface area contributed by atoms with E-state index in [4.69, 9.17) is 11.6 Å². The Kier molecular flexibility index (Phi) is 5.61. The van der Waals surface area contributed by atoms with Gasteiger partial charge in [0.25, 0.3) is 5.56 Å². The molecule has 0 aliphatic heterocycles. The van der Waals surface area contributed by atoms with Crippen LogP contribution in [0.3, 0.4) is 0 Å². The Morgan fingerprint density at radius 1 is 1.04 bits per heavy atom. The summed E-state index contributed by atoms with van der Waals surface area (Å²) in [5.41, 5.74) is 1.70. The minimum atomic E-state index is -0.348. The van der Waals surface area contributed by atoms with Crippen LogP contribution in [0.4, 0.5) is 4.39 Å². The largest absolute Gasteiger partial charge is 0.311 e. The number of rotatable bonds is 6. The third-order valence-electron chi connectivity index (χ3n) is 4.03. The molecular weight excluding hydrogens is 339 g/mol. The zero-order valence-corrected chi connectivity index (χ0v) is 14.4. The molecule has 1 aromatic heterocycles. The van der Waals surface area contributed by atoms with Crippen molar-refractivity contribution in [3.63, 3.8) is 0 Å². The summed E-state index contributed by atoms with van der Waals surface area (Å²) in [4.78, 5) is 16.7. The van der Waals surface area contributed by atoms with Gasteiger partial charge in [-0.1, -0.05) is 60.1 Å². The van der Waals surface area contributed by atoms with Gasteiger partial charge in [0.05, 0.1) is 0 Å². The van der Waals surface area contributed by atoms with E-state index in [1.807, 2.05) is 18.2 Å². The van der Waals surface area contributed by atoms with Crippen molar-refractivity contribution in [1.82, 2.24) is 9.55 Å². The summed E-state index contributed by atoms with van der Waals surface area (Å²) in [5.74, 6) is -0.348. The summed E-state index contributed by atoms with van der Waals surface area (Å²) in [6, 6.07) is 16.5. The smallest absolute Gasteiger partial charge is 0.272 e. The first kappa shape index (κ1) is 17.4. The molecule has 0 aliphatic rings. The molecule has 0 amide bonds. The predicted molar refractivity (Wildman–Crippen MR) is 97.5 cm³/mol. The molecule has 5 heteroatoms. The molecule has 0 bridgehead atoms. The van der Waals surface area contributed by atoms with Gasteiger partial charge in [0.2, 0.25) is 0 Å². The van der Waals surface area contributed by atoms with Crippen molar-refractivity contribution in [3.05, 3.63) is 98.9 Å². The van der Waals surface area contributed by atoms with Gasteiger partial charge < -0.3 is 4.57 Å². The molecule has 128 valence electrons. The lowest BCUT2D eigenvalue weighted by atomic mass is 10.1. The molecule has 0 saturated carbocycles. The second kappa shape index (κ2) is 8.08. The molecule has 1 heterocycles. The van der Waals surface area contributed by atoms with Crippen molar-refractivity contribution in [2.24, 2.45) is 0 Å².